The molecule has 0 saturated carbocycles. The number of methoxy groups -OCH3 is 1. The second-order valence-corrected chi connectivity index (χ2v) is 4.34. The number of nitrogens with one attached hydrogen (secondary N) is 1. The lowest BCUT2D eigenvalue weighted by molar-refractivity contribution is 0.102. The third kappa shape index (κ3) is 2.71. The van der Waals surface area contributed by atoms with Crippen molar-refractivity contribution in [2.24, 2.45) is 0 Å². The molecule has 0 spiro atoms. The van der Waals surface area contributed by atoms with E-state index in [4.69, 9.17) is 10.5 Å². The Morgan fingerprint density at radius 1 is 1.30 bits per heavy atom. The molecule has 2 aromatic carbocycles. The van der Waals surface area contributed by atoms with Crippen LogP contribution < -0.4 is 15.8 Å². The maximum Gasteiger partial charge on any atom is 0.257 e. The van der Waals surface area contributed by atoms with Crippen LogP contribution in [0.3, 0.4) is 0 Å². The Balaban J connectivity index is 2.26. The van der Waals surface area contributed by atoms with Gasteiger partial charge in [-0.15, -0.1) is 0 Å². The summed E-state index contributed by atoms with van der Waals surface area (Å²) in [5.74, 6) is -0.362. The van der Waals surface area contributed by atoms with Crippen molar-refractivity contribution in [1.82, 2.24) is 0 Å². The fourth-order valence-corrected chi connectivity index (χ4v) is 1.79. The summed E-state index contributed by atoms with van der Waals surface area (Å²) in [6.07, 6.45) is 0. The monoisotopic (exact) mass is 274 g/mol. The molecule has 0 heterocycles. The first-order valence-corrected chi connectivity index (χ1v) is 6.03. The topological polar surface area (TPSA) is 64.3 Å². The first kappa shape index (κ1) is 13.9. The van der Waals surface area contributed by atoms with Crippen molar-refractivity contribution < 1.29 is 13.9 Å². The van der Waals surface area contributed by atoms with E-state index in [1.807, 2.05) is 0 Å². The number of hydrogen-bond acceptors (Lipinski definition) is 3. The summed E-state index contributed by atoms with van der Waals surface area (Å²) in [5.41, 5.74) is 7.27. The van der Waals surface area contributed by atoms with Gasteiger partial charge in [-0.25, -0.2) is 4.39 Å². The molecule has 3 N–H and O–H groups in total. The number of rotatable bonds is 3. The lowest BCUT2D eigenvalue weighted by Crippen LogP contribution is -2.14. The van der Waals surface area contributed by atoms with Gasteiger partial charge in [0.25, 0.3) is 5.91 Å². The number of carbonyl (C=O) groups excluding carboxylic acids is 1. The molecule has 0 aliphatic heterocycles. The minimum absolute atomic E-state index is 0.250. The van der Waals surface area contributed by atoms with Crippen LogP contribution in [0.4, 0.5) is 15.8 Å². The maximum absolute atomic E-state index is 13.4. The summed E-state index contributed by atoms with van der Waals surface area (Å²) in [4.78, 5) is 12.1. The fraction of sp³-hybridized carbons (Fsp3) is 0.133. The minimum Gasteiger partial charge on any atom is -0.495 e. The minimum atomic E-state index is -0.412. The van der Waals surface area contributed by atoms with Crippen LogP contribution in [0.1, 0.15) is 15.9 Å². The number of aryl methyl sites for hydroxylation is 1. The van der Waals surface area contributed by atoms with E-state index >= 15 is 0 Å². The van der Waals surface area contributed by atoms with Gasteiger partial charge in [-0.05, 0) is 36.8 Å². The Morgan fingerprint density at radius 3 is 2.70 bits per heavy atom. The number of para-hydroxylation sites is 1. The van der Waals surface area contributed by atoms with Crippen LogP contribution in [0, 0.1) is 12.7 Å². The van der Waals surface area contributed by atoms with Crippen molar-refractivity contribution in [1.29, 1.82) is 0 Å². The number of benzene rings is 2. The molecule has 0 bridgehead atoms. The molecule has 0 atom stereocenters. The number of carbonyl (C=O) groups is 1. The van der Waals surface area contributed by atoms with Gasteiger partial charge >= 0.3 is 0 Å². The average Bonchev–Trinajstić information content (AvgIpc) is 2.43. The number of nitrogen functional groups attached to an aromatic ring is 1. The standard InChI is InChI=1S/C15H15FN2O2/c1-9-6-7-10(8-12(9)16)18-15(19)11-4-3-5-13(20-2)14(11)17/h3-8H,17H2,1-2H3,(H,18,19). The van der Waals surface area contributed by atoms with Crippen LogP contribution in [-0.4, -0.2) is 13.0 Å². The van der Waals surface area contributed by atoms with E-state index in [9.17, 15) is 9.18 Å². The summed E-state index contributed by atoms with van der Waals surface area (Å²) in [7, 11) is 1.47. The molecule has 4 nitrogen and oxygen atoms in total. The van der Waals surface area contributed by atoms with Crippen molar-refractivity contribution in [2.45, 2.75) is 6.92 Å². The second kappa shape index (κ2) is 5.61. The molecule has 0 unspecified atom stereocenters. The molecule has 0 aromatic heterocycles. The molecule has 0 radical (unpaired) electrons. The maximum atomic E-state index is 13.4. The van der Waals surface area contributed by atoms with Crippen LogP contribution in [-0.2, 0) is 0 Å². The van der Waals surface area contributed by atoms with Crippen LogP contribution in [0.5, 0.6) is 5.75 Å². The van der Waals surface area contributed by atoms with Gasteiger partial charge in [0, 0.05) is 5.69 Å². The predicted molar refractivity (Wildman–Crippen MR) is 76.5 cm³/mol. The van der Waals surface area contributed by atoms with Gasteiger partial charge in [0.2, 0.25) is 0 Å². The number of amides is 1. The summed E-state index contributed by atoms with van der Waals surface area (Å²) < 4.78 is 18.5. The highest BCUT2D eigenvalue weighted by molar-refractivity contribution is 6.08. The van der Waals surface area contributed by atoms with Crippen molar-refractivity contribution in [3.8, 4) is 5.75 Å². The molecule has 104 valence electrons. The summed E-state index contributed by atoms with van der Waals surface area (Å²) in [6, 6.07) is 9.41. The van der Waals surface area contributed by atoms with Gasteiger partial charge in [0.1, 0.15) is 11.6 Å². The van der Waals surface area contributed by atoms with Crippen molar-refractivity contribution >= 4 is 17.3 Å². The van der Waals surface area contributed by atoms with Crippen LogP contribution >= 0.6 is 0 Å². The van der Waals surface area contributed by atoms with E-state index in [0.29, 0.717) is 17.0 Å². The SMILES string of the molecule is COc1cccc(C(=O)Nc2ccc(C)c(F)c2)c1N. The predicted octanol–water partition coefficient (Wildman–Crippen LogP) is 2.98. The molecule has 2 aromatic rings. The Hall–Kier alpha value is -2.56. The smallest absolute Gasteiger partial charge is 0.257 e. The quantitative estimate of drug-likeness (QED) is 0.846. The van der Waals surface area contributed by atoms with Gasteiger partial charge in [-0.2, -0.15) is 0 Å². The Labute approximate surface area is 116 Å². The largest absolute Gasteiger partial charge is 0.495 e. The number of nitrogens with two attached hydrogens (primary N) is 1. The zero-order chi connectivity index (χ0) is 14.7. The van der Waals surface area contributed by atoms with Crippen LogP contribution in [0.15, 0.2) is 36.4 Å². The van der Waals surface area contributed by atoms with Gasteiger partial charge in [-0.3, -0.25) is 4.79 Å². The molecular weight excluding hydrogens is 259 g/mol. The molecule has 20 heavy (non-hydrogen) atoms. The summed E-state index contributed by atoms with van der Waals surface area (Å²) in [6.45, 7) is 1.65. The summed E-state index contributed by atoms with van der Waals surface area (Å²) >= 11 is 0. The normalized spacial score (nSPS) is 10.2. The van der Waals surface area contributed by atoms with Crippen molar-refractivity contribution in [3.63, 3.8) is 0 Å². The van der Waals surface area contributed by atoms with Gasteiger partial charge in [-0.1, -0.05) is 12.1 Å². The van der Waals surface area contributed by atoms with Crippen LogP contribution in [0.2, 0.25) is 0 Å². The van der Waals surface area contributed by atoms with E-state index in [1.54, 1.807) is 37.3 Å². The molecule has 0 aliphatic rings. The Bertz CT molecular complexity index is 656. The Morgan fingerprint density at radius 2 is 2.05 bits per heavy atom. The zero-order valence-corrected chi connectivity index (χ0v) is 11.2. The number of hydrogen-bond donors (Lipinski definition) is 2. The van der Waals surface area contributed by atoms with E-state index in [-0.39, 0.29) is 17.1 Å². The lowest BCUT2D eigenvalue weighted by atomic mass is 10.1. The van der Waals surface area contributed by atoms with E-state index in [0.717, 1.165) is 0 Å². The third-order valence-corrected chi connectivity index (χ3v) is 2.96. The van der Waals surface area contributed by atoms with Gasteiger partial charge < -0.3 is 15.8 Å². The first-order valence-electron chi connectivity index (χ1n) is 6.03. The fourth-order valence-electron chi connectivity index (χ4n) is 1.79. The molecule has 0 aliphatic carbocycles. The zero-order valence-electron chi connectivity index (χ0n) is 11.2. The van der Waals surface area contributed by atoms with Crippen molar-refractivity contribution in [2.75, 3.05) is 18.2 Å². The number of ether oxygens (including phenoxy) is 1. The Kier molecular flexibility index (Phi) is 3.89. The second-order valence-electron chi connectivity index (χ2n) is 4.34. The van der Waals surface area contributed by atoms with Gasteiger partial charge in [0.05, 0.1) is 18.4 Å². The van der Waals surface area contributed by atoms with Gasteiger partial charge in [0.15, 0.2) is 0 Å². The van der Waals surface area contributed by atoms with E-state index < -0.39 is 5.91 Å². The van der Waals surface area contributed by atoms with Crippen LogP contribution in [0.25, 0.3) is 0 Å². The average molecular weight is 274 g/mol. The highest BCUT2D eigenvalue weighted by Crippen LogP contribution is 2.25. The highest BCUT2D eigenvalue weighted by atomic mass is 19.1. The molecule has 0 fully saturated rings. The summed E-state index contributed by atoms with van der Waals surface area (Å²) in [5, 5.41) is 2.60. The van der Waals surface area contributed by atoms with E-state index in [1.165, 1.54) is 13.2 Å². The van der Waals surface area contributed by atoms with Crippen molar-refractivity contribution in [3.05, 3.63) is 53.3 Å². The first-order chi connectivity index (χ1) is 9.52. The molecular formula is C15H15FN2O2. The molecule has 5 heteroatoms. The third-order valence-electron chi connectivity index (χ3n) is 2.96. The molecule has 1 amide bonds. The number of anilines is 2. The number of halogens is 1. The lowest BCUT2D eigenvalue weighted by Gasteiger charge is -2.10. The molecule has 2 rings (SSSR count). The highest BCUT2D eigenvalue weighted by Gasteiger charge is 2.13. The molecule has 0 saturated heterocycles. The van der Waals surface area contributed by atoms with E-state index in [2.05, 4.69) is 5.32 Å².